The molecule has 1 amide bonds. The molecule has 4 nitrogen and oxygen atoms in total. The zero-order valence-electron chi connectivity index (χ0n) is 11.2. The van der Waals surface area contributed by atoms with Gasteiger partial charge >= 0.3 is 0 Å². The summed E-state index contributed by atoms with van der Waals surface area (Å²) in [6.45, 7) is 3.59. The van der Waals surface area contributed by atoms with Crippen LogP contribution in [0.25, 0.3) is 0 Å². The van der Waals surface area contributed by atoms with Gasteiger partial charge in [-0.1, -0.05) is 0 Å². The SMILES string of the molecule is CC(CCN(C)C)N1C(=O)CNC1c1ccsc1. The van der Waals surface area contributed by atoms with Crippen molar-refractivity contribution in [3.8, 4) is 0 Å². The van der Waals surface area contributed by atoms with Crippen molar-refractivity contribution in [2.45, 2.75) is 25.6 Å². The first kappa shape index (κ1) is 13.5. The molecule has 1 aromatic heterocycles. The Morgan fingerprint density at radius 2 is 2.39 bits per heavy atom. The summed E-state index contributed by atoms with van der Waals surface area (Å²) in [5.41, 5.74) is 1.20. The van der Waals surface area contributed by atoms with Gasteiger partial charge in [-0.15, -0.1) is 0 Å². The van der Waals surface area contributed by atoms with E-state index in [9.17, 15) is 4.79 Å². The lowest BCUT2D eigenvalue weighted by Crippen LogP contribution is -2.39. The second kappa shape index (κ2) is 5.82. The maximum Gasteiger partial charge on any atom is 0.238 e. The van der Waals surface area contributed by atoms with E-state index in [1.54, 1.807) is 11.3 Å². The Morgan fingerprint density at radius 3 is 3.00 bits per heavy atom. The van der Waals surface area contributed by atoms with Crippen molar-refractivity contribution in [1.82, 2.24) is 15.1 Å². The second-order valence-corrected chi connectivity index (χ2v) is 5.86. The van der Waals surface area contributed by atoms with E-state index in [0.717, 1.165) is 13.0 Å². The third kappa shape index (κ3) is 2.91. The normalized spacial score (nSPS) is 21.9. The average molecular weight is 267 g/mol. The first-order chi connectivity index (χ1) is 8.59. The topological polar surface area (TPSA) is 35.6 Å². The van der Waals surface area contributed by atoms with Gasteiger partial charge in [-0.25, -0.2) is 0 Å². The third-order valence-corrected chi connectivity index (χ3v) is 4.04. The molecule has 0 aromatic carbocycles. The van der Waals surface area contributed by atoms with E-state index in [0.29, 0.717) is 6.54 Å². The number of nitrogens with zero attached hydrogens (tertiary/aromatic N) is 2. The maximum atomic E-state index is 12.0. The predicted octanol–water partition coefficient (Wildman–Crippen LogP) is 1.52. The van der Waals surface area contributed by atoms with Crippen LogP contribution in [-0.2, 0) is 4.79 Å². The van der Waals surface area contributed by atoms with Gasteiger partial charge in [0.1, 0.15) is 6.17 Å². The zero-order valence-corrected chi connectivity index (χ0v) is 12.0. The summed E-state index contributed by atoms with van der Waals surface area (Å²) in [5, 5.41) is 7.47. The van der Waals surface area contributed by atoms with Crippen LogP contribution in [0.4, 0.5) is 0 Å². The number of carbonyl (C=O) groups excluding carboxylic acids is 1. The molecule has 0 bridgehead atoms. The van der Waals surface area contributed by atoms with E-state index in [2.05, 4.69) is 48.1 Å². The number of amides is 1. The molecule has 5 heteroatoms. The number of hydrogen-bond donors (Lipinski definition) is 1. The van der Waals surface area contributed by atoms with Crippen LogP contribution in [0.1, 0.15) is 25.1 Å². The molecular weight excluding hydrogens is 246 g/mol. The van der Waals surface area contributed by atoms with E-state index in [-0.39, 0.29) is 18.1 Å². The molecule has 2 atom stereocenters. The van der Waals surface area contributed by atoms with E-state index >= 15 is 0 Å². The van der Waals surface area contributed by atoms with Crippen LogP contribution in [0.5, 0.6) is 0 Å². The van der Waals surface area contributed by atoms with Crippen molar-refractivity contribution in [2.24, 2.45) is 0 Å². The summed E-state index contributed by atoms with van der Waals surface area (Å²) < 4.78 is 0. The molecule has 1 N–H and O–H groups in total. The minimum absolute atomic E-state index is 0.0564. The summed E-state index contributed by atoms with van der Waals surface area (Å²) in [7, 11) is 4.13. The molecule has 1 aliphatic heterocycles. The fraction of sp³-hybridized carbons (Fsp3) is 0.615. The molecule has 18 heavy (non-hydrogen) atoms. The minimum Gasteiger partial charge on any atom is -0.319 e. The Labute approximate surface area is 113 Å². The smallest absolute Gasteiger partial charge is 0.238 e. The molecule has 1 saturated heterocycles. The van der Waals surface area contributed by atoms with Gasteiger partial charge in [0.2, 0.25) is 5.91 Å². The Bertz CT molecular complexity index is 391. The van der Waals surface area contributed by atoms with Crippen molar-refractivity contribution >= 4 is 17.2 Å². The second-order valence-electron chi connectivity index (χ2n) is 5.08. The number of thiophene rings is 1. The Morgan fingerprint density at radius 1 is 1.61 bits per heavy atom. The quantitative estimate of drug-likeness (QED) is 0.878. The first-order valence-electron chi connectivity index (χ1n) is 6.31. The lowest BCUT2D eigenvalue weighted by molar-refractivity contribution is -0.130. The summed E-state index contributed by atoms with van der Waals surface area (Å²) in [5.74, 6) is 0.206. The molecule has 2 rings (SSSR count). The van der Waals surface area contributed by atoms with Gasteiger partial charge in [-0.05, 0) is 56.4 Å². The van der Waals surface area contributed by atoms with Crippen molar-refractivity contribution in [2.75, 3.05) is 27.2 Å². The van der Waals surface area contributed by atoms with Gasteiger partial charge in [0.15, 0.2) is 0 Å². The molecule has 2 unspecified atom stereocenters. The number of rotatable bonds is 5. The highest BCUT2D eigenvalue weighted by Crippen LogP contribution is 2.27. The lowest BCUT2D eigenvalue weighted by Gasteiger charge is -2.31. The highest BCUT2D eigenvalue weighted by atomic mass is 32.1. The van der Waals surface area contributed by atoms with Crippen LogP contribution in [0.3, 0.4) is 0 Å². The molecule has 0 radical (unpaired) electrons. The number of carbonyl (C=O) groups is 1. The van der Waals surface area contributed by atoms with Crippen LogP contribution in [0, 0.1) is 0 Å². The summed E-state index contributed by atoms with van der Waals surface area (Å²) in [6.07, 6.45) is 1.06. The highest BCUT2D eigenvalue weighted by molar-refractivity contribution is 7.07. The van der Waals surface area contributed by atoms with Gasteiger partial charge in [-0.3, -0.25) is 10.1 Å². The van der Waals surface area contributed by atoms with Crippen LogP contribution in [0.2, 0.25) is 0 Å². The highest BCUT2D eigenvalue weighted by Gasteiger charge is 2.34. The van der Waals surface area contributed by atoms with Crippen molar-refractivity contribution in [1.29, 1.82) is 0 Å². The van der Waals surface area contributed by atoms with Gasteiger partial charge in [0, 0.05) is 6.04 Å². The lowest BCUT2D eigenvalue weighted by atomic mass is 10.1. The molecule has 100 valence electrons. The van der Waals surface area contributed by atoms with Gasteiger partial charge < -0.3 is 9.80 Å². The van der Waals surface area contributed by atoms with Crippen molar-refractivity contribution < 1.29 is 4.79 Å². The standard InChI is InChI=1S/C13H21N3OS/c1-10(4-6-15(2)3)16-12(17)8-14-13(16)11-5-7-18-9-11/h5,7,9-10,13-14H,4,6,8H2,1-3H3. The van der Waals surface area contributed by atoms with Gasteiger partial charge in [-0.2, -0.15) is 11.3 Å². The summed E-state index contributed by atoms with van der Waals surface area (Å²) in [6, 6.07) is 2.35. The van der Waals surface area contributed by atoms with Crippen molar-refractivity contribution in [3.05, 3.63) is 22.4 Å². The van der Waals surface area contributed by atoms with E-state index in [4.69, 9.17) is 0 Å². The Kier molecular flexibility index (Phi) is 4.37. The fourth-order valence-corrected chi connectivity index (χ4v) is 2.99. The van der Waals surface area contributed by atoms with Gasteiger partial charge in [0.05, 0.1) is 6.54 Å². The molecular formula is C13H21N3OS. The monoisotopic (exact) mass is 267 g/mol. The Balaban J connectivity index is 2.05. The molecule has 1 fully saturated rings. The number of nitrogens with one attached hydrogen (secondary N) is 1. The third-order valence-electron chi connectivity index (χ3n) is 3.34. The molecule has 2 heterocycles. The van der Waals surface area contributed by atoms with Crippen LogP contribution >= 0.6 is 11.3 Å². The molecule has 1 aliphatic rings. The van der Waals surface area contributed by atoms with Crippen LogP contribution in [-0.4, -0.2) is 48.9 Å². The van der Waals surface area contributed by atoms with E-state index in [1.807, 2.05) is 4.90 Å². The molecule has 0 saturated carbocycles. The van der Waals surface area contributed by atoms with Crippen LogP contribution in [0.15, 0.2) is 16.8 Å². The van der Waals surface area contributed by atoms with Crippen LogP contribution < -0.4 is 5.32 Å². The van der Waals surface area contributed by atoms with E-state index in [1.165, 1.54) is 5.56 Å². The maximum absolute atomic E-state index is 12.0. The first-order valence-corrected chi connectivity index (χ1v) is 7.25. The minimum atomic E-state index is 0.0564. The fourth-order valence-electron chi connectivity index (χ4n) is 2.31. The summed E-state index contributed by atoms with van der Waals surface area (Å²) >= 11 is 1.67. The Hall–Kier alpha value is -0.910. The van der Waals surface area contributed by atoms with E-state index < -0.39 is 0 Å². The molecule has 0 spiro atoms. The zero-order chi connectivity index (χ0) is 13.1. The van der Waals surface area contributed by atoms with Gasteiger partial charge in [0.25, 0.3) is 0 Å². The molecule has 1 aromatic rings. The predicted molar refractivity (Wildman–Crippen MR) is 74.5 cm³/mol. The molecule has 0 aliphatic carbocycles. The summed E-state index contributed by atoms with van der Waals surface area (Å²) in [4.78, 5) is 16.2. The van der Waals surface area contributed by atoms with Crippen molar-refractivity contribution in [3.63, 3.8) is 0 Å². The number of hydrogen-bond acceptors (Lipinski definition) is 4. The largest absolute Gasteiger partial charge is 0.319 e. The average Bonchev–Trinajstić information content (AvgIpc) is 2.94.